The highest BCUT2D eigenvalue weighted by molar-refractivity contribution is 9.10. The van der Waals surface area contributed by atoms with Gasteiger partial charge in [-0.05, 0) is 41.9 Å². The zero-order valence-electron chi connectivity index (χ0n) is 9.81. The van der Waals surface area contributed by atoms with Crippen LogP contribution in [0.5, 0.6) is 0 Å². The Morgan fingerprint density at radius 3 is 2.61 bits per heavy atom. The lowest BCUT2D eigenvalue weighted by molar-refractivity contribution is 0.102. The fourth-order valence-electron chi connectivity index (χ4n) is 1.21. The van der Waals surface area contributed by atoms with Crippen LogP contribution in [0.4, 0.5) is 5.95 Å². The summed E-state index contributed by atoms with van der Waals surface area (Å²) >= 11 is 3.20. The normalized spacial score (nSPS) is 10.2. The molecule has 0 fully saturated rings. The largest absolute Gasteiger partial charge is 0.288 e. The number of nitrogens with one attached hydrogen (secondary N) is 1. The van der Waals surface area contributed by atoms with Gasteiger partial charge in [0.25, 0.3) is 5.91 Å². The Labute approximate surface area is 112 Å². The number of pyridine rings is 1. The lowest BCUT2D eigenvalue weighted by Crippen LogP contribution is -2.16. The quantitative estimate of drug-likeness (QED) is 0.857. The second-order valence-corrected chi connectivity index (χ2v) is 4.42. The Bertz CT molecular complexity index is 602. The third-order valence-electron chi connectivity index (χ3n) is 2.27. The number of aromatic nitrogens is 4. The van der Waals surface area contributed by atoms with Gasteiger partial charge < -0.3 is 0 Å². The first kappa shape index (κ1) is 12.6. The average molecular weight is 308 g/mol. The van der Waals surface area contributed by atoms with Crippen molar-refractivity contribution in [2.24, 2.45) is 0 Å². The van der Waals surface area contributed by atoms with Gasteiger partial charge in [-0.2, -0.15) is 5.10 Å². The number of rotatable bonds is 2. The van der Waals surface area contributed by atoms with Gasteiger partial charge in [-0.25, -0.2) is 9.97 Å². The molecule has 0 aliphatic carbocycles. The molecule has 0 saturated carbocycles. The van der Waals surface area contributed by atoms with Gasteiger partial charge in [0.15, 0.2) is 0 Å². The molecular weight excluding hydrogens is 298 g/mol. The van der Waals surface area contributed by atoms with E-state index in [2.05, 4.69) is 41.4 Å². The van der Waals surface area contributed by atoms with Crippen LogP contribution in [0.3, 0.4) is 0 Å². The minimum absolute atomic E-state index is 0.171. The monoisotopic (exact) mass is 307 g/mol. The van der Waals surface area contributed by atoms with Crippen molar-refractivity contribution < 1.29 is 4.79 Å². The third-order valence-corrected chi connectivity index (χ3v) is 2.71. The van der Waals surface area contributed by atoms with Crippen LogP contribution < -0.4 is 5.32 Å². The predicted octanol–water partition coefficient (Wildman–Crippen LogP) is 1.90. The molecule has 0 aliphatic rings. The molecule has 1 N–H and O–H groups in total. The van der Waals surface area contributed by atoms with Crippen LogP contribution in [-0.2, 0) is 0 Å². The van der Waals surface area contributed by atoms with E-state index in [9.17, 15) is 4.79 Å². The van der Waals surface area contributed by atoms with Gasteiger partial charge >= 0.3 is 0 Å². The number of carbonyl (C=O) groups excluding carboxylic acids is 1. The number of aryl methyl sites for hydroxylation is 2. The molecule has 0 radical (unpaired) electrons. The van der Waals surface area contributed by atoms with Crippen molar-refractivity contribution in [1.29, 1.82) is 0 Å². The molecular formula is C11H10BrN5O. The zero-order chi connectivity index (χ0) is 13.1. The fraction of sp³-hybridized carbons (Fsp3) is 0.182. The molecule has 18 heavy (non-hydrogen) atoms. The molecule has 2 aromatic heterocycles. The maximum atomic E-state index is 11.9. The maximum Gasteiger partial charge on any atom is 0.276 e. The molecule has 7 heteroatoms. The molecule has 0 atom stereocenters. The fourth-order valence-corrected chi connectivity index (χ4v) is 1.55. The lowest BCUT2D eigenvalue weighted by Gasteiger charge is -2.04. The number of nitrogens with zero attached hydrogens (tertiary/aromatic N) is 4. The molecule has 0 saturated heterocycles. The molecule has 0 unspecified atom stereocenters. The number of anilines is 1. The number of hydrogen-bond donors (Lipinski definition) is 1. The summed E-state index contributed by atoms with van der Waals surface area (Å²) in [5.41, 5.74) is 1.74. The minimum Gasteiger partial charge on any atom is -0.288 e. The van der Waals surface area contributed by atoms with Crippen molar-refractivity contribution in [1.82, 2.24) is 20.2 Å². The summed E-state index contributed by atoms with van der Waals surface area (Å²) in [5.74, 6) is -0.203. The van der Waals surface area contributed by atoms with E-state index < -0.39 is 0 Å². The minimum atomic E-state index is -0.374. The van der Waals surface area contributed by atoms with E-state index in [0.717, 1.165) is 11.4 Å². The number of carbonyl (C=O) groups is 1. The van der Waals surface area contributed by atoms with E-state index in [-0.39, 0.29) is 17.5 Å². The molecule has 0 spiro atoms. The van der Waals surface area contributed by atoms with E-state index in [1.54, 1.807) is 32.0 Å². The van der Waals surface area contributed by atoms with Gasteiger partial charge in [-0.15, -0.1) is 5.10 Å². The van der Waals surface area contributed by atoms with E-state index in [0.29, 0.717) is 4.60 Å². The van der Waals surface area contributed by atoms with E-state index in [1.165, 1.54) is 0 Å². The highest BCUT2D eigenvalue weighted by Gasteiger charge is 2.10. The van der Waals surface area contributed by atoms with Crippen LogP contribution in [-0.4, -0.2) is 26.1 Å². The van der Waals surface area contributed by atoms with Crippen molar-refractivity contribution in [3.05, 3.63) is 39.9 Å². The Balaban J connectivity index is 2.18. The van der Waals surface area contributed by atoms with Crippen LogP contribution in [0.2, 0.25) is 0 Å². The maximum absolute atomic E-state index is 11.9. The van der Waals surface area contributed by atoms with Crippen LogP contribution in [0.25, 0.3) is 0 Å². The standard InChI is InChI=1S/C11H10BrN5O/c1-6-7(2)16-17-11(13-6)15-10(18)8-4-3-5-9(12)14-8/h3-5H,1-2H3,(H,13,15,17,18). The topological polar surface area (TPSA) is 80.7 Å². The summed E-state index contributed by atoms with van der Waals surface area (Å²) in [7, 11) is 0. The molecule has 92 valence electrons. The molecule has 0 bridgehead atoms. The summed E-state index contributed by atoms with van der Waals surface area (Å²) in [4.78, 5) is 20.0. The predicted molar refractivity (Wildman–Crippen MR) is 69.2 cm³/mol. The van der Waals surface area contributed by atoms with E-state index in [4.69, 9.17) is 0 Å². The smallest absolute Gasteiger partial charge is 0.276 e. The SMILES string of the molecule is Cc1nnc(NC(=O)c2cccc(Br)n2)nc1C. The van der Waals surface area contributed by atoms with Gasteiger partial charge in [0, 0.05) is 0 Å². The summed E-state index contributed by atoms with van der Waals surface area (Å²) in [6, 6.07) is 5.07. The highest BCUT2D eigenvalue weighted by atomic mass is 79.9. The van der Waals surface area contributed by atoms with E-state index >= 15 is 0 Å². The van der Waals surface area contributed by atoms with Crippen molar-refractivity contribution in [3.8, 4) is 0 Å². The van der Waals surface area contributed by atoms with Crippen LogP contribution >= 0.6 is 15.9 Å². The Kier molecular flexibility index (Phi) is 3.61. The molecule has 1 amide bonds. The van der Waals surface area contributed by atoms with Crippen molar-refractivity contribution >= 4 is 27.8 Å². The molecule has 0 aliphatic heterocycles. The molecule has 2 rings (SSSR count). The zero-order valence-corrected chi connectivity index (χ0v) is 11.4. The lowest BCUT2D eigenvalue weighted by atomic mass is 10.3. The molecule has 2 aromatic rings. The van der Waals surface area contributed by atoms with Crippen LogP contribution in [0.1, 0.15) is 21.9 Å². The molecule has 2 heterocycles. The van der Waals surface area contributed by atoms with Crippen molar-refractivity contribution in [2.75, 3.05) is 5.32 Å². The average Bonchev–Trinajstić information content (AvgIpc) is 2.34. The summed E-state index contributed by atoms with van der Waals surface area (Å²) in [6.07, 6.45) is 0. The number of hydrogen-bond acceptors (Lipinski definition) is 5. The Morgan fingerprint density at radius 1 is 1.17 bits per heavy atom. The van der Waals surface area contributed by atoms with Gasteiger partial charge in [-0.1, -0.05) is 6.07 Å². The summed E-state index contributed by atoms with van der Waals surface area (Å²) in [6.45, 7) is 3.60. The first-order chi connectivity index (χ1) is 8.56. The van der Waals surface area contributed by atoms with E-state index in [1.807, 2.05) is 0 Å². The molecule has 0 aromatic carbocycles. The first-order valence-corrected chi connectivity index (χ1v) is 5.97. The summed E-state index contributed by atoms with van der Waals surface area (Å²) in [5, 5.41) is 10.2. The second kappa shape index (κ2) is 5.18. The number of amides is 1. The second-order valence-electron chi connectivity index (χ2n) is 3.61. The number of halogens is 1. The first-order valence-electron chi connectivity index (χ1n) is 5.18. The van der Waals surface area contributed by atoms with Crippen LogP contribution in [0.15, 0.2) is 22.8 Å². The Morgan fingerprint density at radius 2 is 1.94 bits per heavy atom. The van der Waals surface area contributed by atoms with Crippen molar-refractivity contribution in [2.45, 2.75) is 13.8 Å². The van der Waals surface area contributed by atoms with Gasteiger partial charge in [0.1, 0.15) is 10.3 Å². The van der Waals surface area contributed by atoms with Gasteiger partial charge in [0.2, 0.25) is 5.95 Å². The molecule has 6 nitrogen and oxygen atoms in total. The van der Waals surface area contributed by atoms with Gasteiger partial charge in [0.05, 0.1) is 11.4 Å². The summed E-state index contributed by atoms with van der Waals surface area (Å²) < 4.78 is 0.592. The van der Waals surface area contributed by atoms with Crippen molar-refractivity contribution in [3.63, 3.8) is 0 Å². The van der Waals surface area contributed by atoms with Gasteiger partial charge in [-0.3, -0.25) is 10.1 Å². The third kappa shape index (κ3) is 2.86. The van der Waals surface area contributed by atoms with Crippen LogP contribution in [0, 0.1) is 13.8 Å². The Hall–Kier alpha value is -1.89. The highest BCUT2D eigenvalue weighted by Crippen LogP contribution is 2.08.